The quantitative estimate of drug-likeness (QED) is 0.728. The van der Waals surface area contributed by atoms with E-state index in [2.05, 4.69) is 6.92 Å². The Balaban J connectivity index is 2.63. The zero-order valence-corrected chi connectivity index (χ0v) is 8.41. The summed E-state index contributed by atoms with van der Waals surface area (Å²) < 4.78 is 6.58. The number of hydrogen-bond acceptors (Lipinski definition) is 2. The van der Waals surface area contributed by atoms with Gasteiger partial charge >= 0.3 is 5.76 Å². The molecule has 0 fully saturated rings. The summed E-state index contributed by atoms with van der Waals surface area (Å²) in [6, 6.07) is 5.89. The van der Waals surface area contributed by atoms with E-state index in [4.69, 9.17) is 4.42 Å². The van der Waals surface area contributed by atoms with Crippen molar-refractivity contribution in [2.45, 2.75) is 19.8 Å². The average molecular weight is 191 g/mol. The lowest BCUT2D eigenvalue weighted by Gasteiger charge is -1.98. The molecule has 0 atom stereocenters. The summed E-state index contributed by atoms with van der Waals surface area (Å²) in [6.45, 7) is 2.14. The highest BCUT2D eigenvalue weighted by Gasteiger charge is 2.05. The van der Waals surface area contributed by atoms with Crippen LogP contribution in [0.15, 0.2) is 27.4 Å². The van der Waals surface area contributed by atoms with Crippen molar-refractivity contribution in [3.05, 3.63) is 34.3 Å². The Kier molecular flexibility index (Phi) is 2.15. The van der Waals surface area contributed by atoms with E-state index in [9.17, 15) is 4.79 Å². The lowest BCUT2D eigenvalue weighted by atomic mass is 10.1. The van der Waals surface area contributed by atoms with Crippen LogP contribution in [0.2, 0.25) is 0 Å². The third kappa shape index (κ3) is 1.35. The fourth-order valence-corrected chi connectivity index (χ4v) is 1.62. The summed E-state index contributed by atoms with van der Waals surface area (Å²) in [6.07, 6.45) is 2.15. The summed E-state index contributed by atoms with van der Waals surface area (Å²) in [5, 5.41) is 0. The normalized spacial score (nSPS) is 11.0. The Morgan fingerprint density at radius 2 is 2.21 bits per heavy atom. The molecule has 0 spiro atoms. The zero-order valence-electron chi connectivity index (χ0n) is 8.41. The SMILES string of the molecule is CCCc1ccc2oc(=O)n(C)c2c1. The van der Waals surface area contributed by atoms with E-state index in [1.807, 2.05) is 18.2 Å². The molecule has 0 N–H and O–H groups in total. The average Bonchev–Trinajstić information content (AvgIpc) is 2.45. The number of aryl methyl sites for hydroxylation is 2. The number of hydrogen-bond donors (Lipinski definition) is 0. The highest BCUT2D eigenvalue weighted by molar-refractivity contribution is 5.73. The monoisotopic (exact) mass is 191 g/mol. The van der Waals surface area contributed by atoms with Crippen molar-refractivity contribution in [2.24, 2.45) is 7.05 Å². The smallest absolute Gasteiger partial charge is 0.408 e. The van der Waals surface area contributed by atoms with Crippen LogP contribution in [0.5, 0.6) is 0 Å². The largest absolute Gasteiger partial charge is 0.419 e. The second-order valence-electron chi connectivity index (χ2n) is 3.48. The fraction of sp³-hybridized carbons (Fsp3) is 0.364. The van der Waals surface area contributed by atoms with Crippen LogP contribution in [0.3, 0.4) is 0 Å². The van der Waals surface area contributed by atoms with Crippen molar-refractivity contribution in [3.63, 3.8) is 0 Å². The van der Waals surface area contributed by atoms with E-state index in [1.165, 1.54) is 10.1 Å². The van der Waals surface area contributed by atoms with Gasteiger partial charge in [0.2, 0.25) is 0 Å². The molecule has 2 aromatic rings. The predicted octanol–water partition coefficient (Wildman–Crippen LogP) is 2.08. The van der Waals surface area contributed by atoms with Gasteiger partial charge < -0.3 is 4.42 Å². The Bertz CT molecular complexity index is 507. The Morgan fingerprint density at radius 3 is 2.93 bits per heavy atom. The van der Waals surface area contributed by atoms with Crippen LogP contribution in [0.4, 0.5) is 0 Å². The Morgan fingerprint density at radius 1 is 1.43 bits per heavy atom. The first kappa shape index (κ1) is 9.06. The molecule has 74 valence electrons. The number of nitrogens with zero attached hydrogens (tertiary/aromatic N) is 1. The zero-order chi connectivity index (χ0) is 10.1. The Hall–Kier alpha value is -1.51. The lowest BCUT2D eigenvalue weighted by Crippen LogP contribution is -2.08. The summed E-state index contributed by atoms with van der Waals surface area (Å²) in [4.78, 5) is 11.2. The maximum absolute atomic E-state index is 11.2. The van der Waals surface area contributed by atoms with E-state index in [0.717, 1.165) is 18.4 Å². The molecular weight excluding hydrogens is 178 g/mol. The van der Waals surface area contributed by atoms with Gasteiger partial charge in [0.15, 0.2) is 5.58 Å². The molecule has 0 saturated heterocycles. The van der Waals surface area contributed by atoms with E-state index >= 15 is 0 Å². The van der Waals surface area contributed by atoms with Crippen LogP contribution in [-0.2, 0) is 13.5 Å². The molecule has 0 aliphatic rings. The van der Waals surface area contributed by atoms with Crippen LogP contribution in [0, 0.1) is 0 Å². The molecule has 0 radical (unpaired) electrons. The summed E-state index contributed by atoms with van der Waals surface area (Å²) in [7, 11) is 1.73. The van der Waals surface area contributed by atoms with E-state index in [0.29, 0.717) is 5.58 Å². The molecule has 0 saturated carbocycles. The molecule has 3 nitrogen and oxygen atoms in total. The second-order valence-corrected chi connectivity index (χ2v) is 3.48. The first-order valence-electron chi connectivity index (χ1n) is 4.81. The minimum absolute atomic E-state index is 0.298. The van der Waals surface area contributed by atoms with E-state index < -0.39 is 0 Å². The first-order valence-corrected chi connectivity index (χ1v) is 4.81. The van der Waals surface area contributed by atoms with Crippen molar-refractivity contribution < 1.29 is 4.42 Å². The number of benzene rings is 1. The van der Waals surface area contributed by atoms with Crippen molar-refractivity contribution >= 4 is 11.1 Å². The molecule has 0 unspecified atom stereocenters. The molecular formula is C11H13NO2. The lowest BCUT2D eigenvalue weighted by molar-refractivity contribution is 0.528. The maximum Gasteiger partial charge on any atom is 0.419 e. The van der Waals surface area contributed by atoms with Gasteiger partial charge in [0, 0.05) is 7.05 Å². The molecule has 1 aromatic carbocycles. The molecule has 0 aliphatic heterocycles. The standard InChI is InChI=1S/C11H13NO2/c1-3-4-8-5-6-10-9(7-8)12(2)11(13)14-10/h5-7H,3-4H2,1-2H3. The van der Waals surface area contributed by atoms with Gasteiger partial charge in [-0.15, -0.1) is 0 Å². The summed E-state index contributed by atoms with van der Waals surface area (Å²) >= 11 is 0. The third-order valence-corrected chi connectivity index (χ3v) is 2.39. The van der Waals surface area contributed by atoms with Gasteiger partial charge in [0.25, 0.3) is 0 Å². The van der Waals surface area contributed by atoms with Crippen molar-refractivity contribution in [1.29, 1.82) is 0 Å². The minimum Gasteiger partial charge on any atom is -0.408 e. The summed E-state index contributed by atoms with van der Waals surface area (Å²) in [5.74, 6) is -0.298. The molecule has 0 bridgehead atoms. The van der Waals surface area contributed by atoms with Crippen LogP contribution in [0.25, 0.3) is 11.1 Å². The first-order chi connectivity index (χ1) is 6.72. The third-order valence-electron chi connectivity index (χ3n) is 2.39. The fourth-order valence-electron chi connectivity index (χ4n) is 1.62. The number of aromatic nitrogens is 1. The van der Waals surface area contributed by atoms with Crippen LogP contribution in [-0.4, -0.2) is 4.57 Å². The van der Waals surface area contributed by atoms with Gasteiger partial charge in [-0.3, -0.25) is 4.57 Å². The van der Waals surface area contributed by atoms with Gasteiger partial charge in [-0.25, -0.2) is 4.79 Å². The molecule has 1 aromatic heterocycles. The van der Waals surface area contributed by atoms with Crippen LogP contribution < -0.4 is 5.76 Å². The topological polar surface area (TPSA) is 35.1 Å². The number of fused-ring (bicyclic) bond motifs is 1. The van der Waals surface area contributed by atoms with Gasteiger partial charge in [-0.05, 0) is 24.1 Å². The van der Waals surface area contributed by atoms with Crippen LogP contribution >= 0.6 is 0 Å². The maximum atomic E-state index is 11.2. The van der Waals surface area contributed by atoms with E-state index in [-0.39, 0.29) is 5.76 Å². The second kappa shape index (κ2) is 3.33. The van der Waals surface area contributed by atoms with Crippen molar-refractivity contribution in [2.75, 3.05) is 0 Å². The number of rotatable bonds is 2. The van der Waals surface area contributed by atoms with Crippen LogP contribution in [0.1, 0.15) is 18.9 Å². The highest BCUT2D eigenvalue weighted by atomic mass is 16.4. The number of oxazole rings is 1. The molecule has 1 heterocycles. The van der Waals surface area contributed by atoms with E-state index in [1.54, 1.807) is 7.05 Å². The van der Waals surface area contributed by atoms with Crippen molar-refractivity contribution in [3.8, 4) is 0 Å². The van der Waals surface area contributed by atoms with Crippen molar-refractivity contribution in [1.82, 2.24) is 4.57 Å². The van der Waals surface area contributed by atoms with Gasteiger partial charge in [-0.1, -0.05) is 19.4 Å². The summed E-state index contributed by atoms with van der Waals surface area (Å²) in [5.41, 5.74) is 2.79. The molecule has 14 heavy (non-hydrogen) atoms. The molecule has 0 aliphatic carbocycles. The molecule has 3 heteroatoms. The predicted molar refractivity (Wildman–Crippen MR) is 55.5 cm³/mol. The van der Waals surface area contributed by atoms with Gasteiger partial charge in [-0.2, -0.15) is 0 Å². The highest BCUT2D eigenvalue weighted by Crippen LogP contribution is 2.15. The van der Waals surface area contributed by atoms with Gasteiger partial charge in [0.1, 0.15) is 0 Å². The molecule has 2 rings (SSSR count). The minimum atomic E-state index is -0.298. The Labute approximate surface area is 82.0 Å². The molecule has 0 amide bonds. The van der Waals surface area contributed by atoms with Gasteiger partial charge in [0.05, 0.1) is 5.52 Å².